The average molecular weight is 323 g/mol. The fourth-order valence-electron chi connectivity index (χ4n) is 2.29. The smallest absolute Gasteiger partial charge is 0.337 e. The number of hydrogen-bond donors (Lipinski definition) is 2. The average Bonchev–Trinajstić information content (AvgIpc) is 2.98. The predicted octanol–water partition coefficient (Wildman–Crippen LogP) is 2.99. The number of thiophene rings is 1. The van der Waals surface area contributed by atoms with Crippen molar-refractivity contribution in [1.29, 1.82) is 0 Å². The molecule has 0 aliphatic carbocycles. The lowest BCUT2D eigenvalue weighted by Crippen LogP contribution is -2.17. The number of halogens is 1. The van der Waals surface area contributed by atoms with Crippen molar-refractivity contribution in [2.24, 2.45) is 0 Å². The Kier molecular flexibility index (Phi) is 3.57. The van der Waals surface area contributed by atoms with E-state index in [-0.39, 0.29) is 11.3 Å². The van der Waals surface area contributed by atoms with Gasteiger partial charge in [0.2, 0.25) is 0 Å². The van der Waals surface area contributed by atoms with Gasteiger partial charge in [-0.15, -0.1) is 11.3 Å². The normalized spacial score (nSPS) is 11.1. The highest BCUT2D eigenvalue weighted by Gasteiger charge is 2.14. The second kappa shape index (κ2) is 5.38. The van der Waals surface area contributed by atoms with Crippen molar-refractivity contribution in [1.82, 2.24) is 9.55 Å². The highest BCUT2D eigenvalue weighted by Crippen LogP contribution is 2.22. The van der Waals surface area contributed by atoms with E-state index < -0.39 is 5.97 Å². The van der Waals surface area contributed by atoms with Gasteiger partial charge in [-0.05, 0) is 30.7 Å². The van der Waals surface area contributed by atoms with Crippen LogP contribution < -0.4 is 5.69 Å². The van der Waals surface area contributed by atoms with E-state index in [1.54, 1.807) is 16.7 Å². The largest absolute Gasteiger partial charge is 0.478 e. The van der Waals surface area contributed by atoms with Crippen LogP contribution in [0.2, 0.25) is 4.34 Å². The molecule has 0 saturated heterocycles. The number of nitrogens with one attached hydrogen (secondary N) is 1. The molecule has 0 fully saturated rings. The van der Waals surface area contributed by atoms with Crippen LogP contribution in [0.15, 0.2) is 35.1 Å². The van der Waals surface area contributed by atoms with Gasteiger partial charge in [0.05, 0.1) is 20.9 Å². The van der Waals surface area contributed by atoms with E-state index in [2.05, 4.69) is 4.98 Å². The molecule has 0 atom stereocenters. The summed E-state index contributed by atoms with van der Waals surface area (Å²) < 4.78 is 2.26. The van der Waals surface area contributed by atoms with Crippen molar-refractivity contribution in [3.8, 4) is 0 Å². The first-order valence-corrected chi connectivity index (χ1v) is 7.45. The van der Waals surface area contributed by atoms with Crippen LogP contribution >= 0.6 is 22.9 Å². The Hall–Kier alpha value is -2.05. The Morgan fingerprint density at radius 3 is 2.81 bits per heavy atom. The first kappa shape index (κ1) is 13.9. The molecule has 21 heavy (non-hydrogen) atoms. The zero-order valence-corrected chi connectivity index (χ0v) is 12.4. The second-order valence-corrected chi connectivity index (χ2v) is 6.34. The van der Waals surface area contributed by atoms with Crippen LogP contribution in [-0.2, 0) is 13.0 Å². The Morgan fingerprint density at radius 2 is 2.14 bits per heavy atom. The predicted molar refractivity (Wildman–Crippen MR) is 82.6 cm³/mol. The Bertz CT molecular complexity index is 878. The number of aromatic carboxylic acids is 1. The van der Waals surface area contributed by atoms with Gasteiger partial charge in [0.1, 0.15) is 0 Å². The van der Waals surface area contributed by atoms with Crippen molar-refractivity contribution >= 4 is 39.9 Å². The van der Waals surface area contributed by atoms with Gasteiger partial charge in [-0.2, -0.15) is 0 Å². The van der Waals surface area contributed by atoms with Gasteiger partial charge in [0.15, 0.2) is 0 Å². The summed E-state index contributed by atoms with van der Waals surface area (Å²) >= 11 is 7.36. The molecule has 3 rings (SSSR count). The zero-order chi connectivity index (χ0) is 15.0. The van der Waals surface area contributed by atoms with E-state index in [1.807, 2.05) is 12.1 Å². The van der Waals surface area contributed by atoms with Gasteiger partial charge in [0, 0.05) is 11.4 Å². The summed E-state index contributed by atoms with van der Waals surface area (Å²) in [6.07, 6.45) is 0.668. The van der Waals surface area contributed by atoms with Crippen LogP contribution in [0, 0.1) is 0 Å². The molecule has 108 valence electrons. The minimum absolute atomic E-state index is 0.0996. The van der Waals surface area contributed by atoms with Crippen LogP contribution in [0.1, 0.15) is 15.2 Å². The SMILES string of the molecule is O=C(O)c1cccc2c1[nH]c(=O)n2CCc1ccc(Cl)s1. The summed E-state index contributed by atoms with van der Waals surface area (Å²) in [5, 5.41) is 9.15. The van der Waals surface area contributed by atoms with Gasteiger partial charge in [-0.3, -0.25) is 4.57 Å². The zero-order valence-electron chi connectivity index (χ0n) is 10.8. The third kappa shape index (κ3) is 2.59. The van der Waals surface area contributed by atoms with Crippen molar-refractivity contribution < 1.29 is 9.90 Å². The van der Waals surface area contributed by atoms with Crippen LogP contribution in [0.3, 0.4) is 0 Å². The van der Waals surface area contributed by atoms with E-state index in [4.69, 9.17) is 16.7 Å². The first-order chi connectivity index (χ1) is 10.1. The maximum absolute atomic E-state index is 12.0. The molecule has 2 heterocycles. The molecular weight excluding hydrogens is 312 g/mol. The van der Waals surface area contributed by atoms with Crippen molar-refractivity contribution in [3.63, 3.8) is 0 Å². The lowest BCUT2D eigenvalue weighted by atomic mass is 10.2. The lowest BCUT2D eigenvalue weighted by Gasteiger charge is -2.02. The number of para-hydroxylation sites is 1. The number of imidazole rings is 1. The van der Waals surface area contributed by atoms with Crippen LogP contribution in [0.4, 0.5) is 0 Å². The minimum Gasteiger partial charge on any atom is -0.478 e. The highest BCUT2D eigenvalue weighted by atomic mass is 35.5. The summed E-state index contributed by atoms with van der Waals surface area (Å²) in [6, 6.07) is 8.60. The molecule has 5 nitrogen and oxygen atoms in total. The number of carboxylic acids is 1. The topological polar surface area (TPSA) is 75.1 Å². The number of carboxylic acid groups (broad SMARTS) is 1. The number of aryl methyl sites for hydroxylation is 2. The number of nitrogens with zero attached hydrogens (tertiary/aromatic N) is 1. The third-order valence-corrected chi connectivity index (χ3v) is 4.54. The monoisotopic (exact) mass is 322 g/mol. The fourth-order valence-corrected chi connectivity index (χ4v) is 3.36. The maximum atomic E-state index is 12.0. The number of aromatic amines is 1. The van der Waals surface area contributed by atoms with Gasteiger partial charge in [-0.1, -0.05) is 17.7 Å². The second-order valence-electron chi connectivity index (χ2n) is 4.54. The molecule has 7 heteroatoms. The molecule has 0 aliphatic rings. The molecule has 0 radical (unpaired) electrons. The summed E-state index contributed by atoms with van der Waals surface area (Å²) in [6.45, 7) is 0.471. The van der Waals surface area contributed by atoms with E-state index in [0.717, 1.165) is 4.88 Å². The van der Waals surface area contributed by atoms with Crippen molar-refractivity contribution in [3.05, 3.63) is 55.6 Å². The van der Waals surface area contributed by atoms with Crippen molar-refractivity contribution in [2.75, 3.05) is 0 Å². The minimum atomic E-state index is -1.06. The number of fused-ring (bicyclic) bond motifs is 1. The number of H-pyrrole nitrogens is 1. The quantitative estimate of drug-likeness (QED) is 0.775. The van der Waals surface area contributed by atoms with Gasteiger partial charge in [0.25, 0.3) is 0 Å². The molecule has 1 aromatic carbocycles. The van der Waals surface area contributed by atoms with E-state index in [1.165, 1.54) is 17.4 Å². The van der Waals surface area contributed by atoms with Gasteiger partial charge in [-0.25, -0.2) is 9.59 Å². The molecule has 0 unspecified atom stereocenters. The number of benzene rings is 1. The summed E-state index contributed by atoms with van der Waals surface area (Å²) in [5.74, 6) is -1.06. The molecule has 0 aliphatic heterocycles. The van der Waals surface area contributed by atoms with Crippen molar-refractivity contribution in [2.45, 2.75) is 13.0 Å². The van der Waals surface area contributed by atoms with Gasteiger partial charge < -0.3 is 10.1 Å². The van der Waals surface area contributed by atoms with E-state index >= 15 is 0 Å². The number of carbonyl (C=O) groups is 1. The lowest BCUT2D eigenvalue weighted by molar-refractivity contribution is 0.0699. The molecule has 0 spiro atoms. The maximum Gasteiger partial charge on any atom is 0.337 e. The molecule has 2 aromatic heterocycles. The highest BCUT2D eigenvalue weighted by molar-refractivity contribution is 7.16. The number of hydrogen-bond acceptors (Lipinski definition) is 3. The molecule has 0 saturated carbocycles. The van der Waals surface area contributed by atoms with Crippen LogP contribution in [-0.4, -0.2) is 20.6 Å². The molecule has 2 N–H and O–H groups in total. The van der Waals surface area contributed by atoms with Crippen LogP contribution in [0.25, 0.3) is 11.0 Å². The van der Waals surface area contributed by atoms with E-state index in [0.29, 0.717) is 28.3 Å². The first-order valence-electron chi connectivity index (χ1n) is 6.25. The summed E-state index contributed by atoms with van der Waals surface area (Å²) in [4.78, 5) is 26.9. The fraction of sp³-hybridized carbons (Fsp3) is 0.143. The Labute approximate surface area is 128 Å². The molecule has 0 bridgehead atoms. The van der Waals surface area contributed by atoms with E-state index in [9.17, 15) is 9.59 Å². The number of rotatable bonds is 4. The Balaban J connectivity index is 1.99. The molecule has 0 amide bonds. The Morgan fingerprint density at radius 1 is 1.33 bits per heavy atom. The molecular formula is C14H11ClN2O3S. The number of aromatic nitrogens is 2. The summed E-state index contributed by atoms with van der Waals surface area (Å²) in [5.41, 5.74) is 0.755. The summed E-state index contributed by atoms with van der Waals surface area (Å²) in [7, 11) is 0. The third-order valence-electron chi connectivity index (χ3n) is 3.25. The van der Waals surface area contributed by atoms with Crippen LogP contribution in [0.5, 0.6) is 0 Å². The van der Waals surface area contributed by atoms with Gasteiger partial charge >= 0.3 is 11.7 Å². The molecule has 3 aromatic rings. The standard InChI is InChI=1S/C14H11ClN2O3S/c15-11-5-4-8(21-11)6-7-17-10-3-1-2-9(13(18)19)12(10)16-14(17)20/h1-5H,6-7H2,(H,16,20)(H,18,19).